The molecule has 122 valence electrons. The molecule has 0 aliphatic rings. The highest BCUT2D eigenvalue weighted by Gasteiger charge is 2.18. The van der Waals surface area contributed by atoms with E-state index in [1.54, 1.807) is 0 Å². The molecule has 0 heterocycles. The Labute approximate surface area is 153 Å². The summed E-state index contributed by atoms with van der Waals surface area (Å²) >= 11 is 34.1. The molecule has 0 aliphatic carbocycles. The zero-order chi connectivity index (χ0) is 15.5. The molecule has 6 heteroatoms. The molecule has 0 nitrogen and oxygen atoms in total. The minimum Gasteiger partial charge on any atom is -0.0837 e. The molecule has 0 aromatic heterocycles. The lowest BCUT2D eigenvalue weighted by molar-refractivity contribution is 0.542. The molecule has 0 bridgehead atoms. The summed E-state index contributed by atoms with van der Waals surface area (Å²) in [5, 5.41) is 0. The molecule has 0 aromatic carbocycles. The van der Waals surface area contributed by atoms with Gasteiger partial charge in [0.25, 0.3) is 0 Å². The van der Waals surface area contributed by atoms with Crippen molar-refractivity contribution in [3.05, 3.63) is 0 Å². The topological polar surface area (TPSA) is 0 Å². The molecule has 0 aromatic rings. The van der Waals surface area contributed by atoms with E-state index in [1.807, 2.05) is 0 Å². The molecular weight excluding hydrogens is 381 g/mol. The van der Waals surface area contributed by atoms with E-state index in [4.69, 9.17) is 69.6 Å². The molecule has 0 aliphatic heterocycles. The zero-order valence-electron chi connectivity index (χ0n) is 11.8. The maximum absolute atomic E-state index is 5.69. The number of hydrogen-bond donors (Lipinski definition) is 0. The second-order valence-electron chi connectivity index (χ2n) is 5.27. The van der Waals surface area contributed by atoms with Gasteiger partial charge in [-0.15, -0.1) is 0 Å². The lowest BCUT2D eigenvalue weighted by atomic mass is 10.1. The van der Waals surface area contributed by atoms with Gasteiger partial charge in [0.1, 0.15) is 0 Å². The Morgan fingerprint density at radius 1 is 0.350 bits per heavy atom. The van der Waals surface area contributed by atoms with Crippen LogP contribution in [0.4, 0.5) is 0 Å². The maximum Gasteiger partial charge on any atom is 0.190 e. The Kier molecular flexibility index (Phi) is 13.3. The highest BCUT2D eigenvalue weighted by atomic mass is 35.6. The molecule has 0 radical (unpaired) electrons. The molecular formula is C14H24Cl6. The van der Waals surface area contributed by atoms with Gasteiger partial charge < -0.3 is 0 Å². The van der Waals surface area contributed by atoms with Crippen molar-refractivity contribution >= 4 is 69.6 Å². The van der Waals surface area contributed by atoms with Gasteiger partial charge in [0, 0.05) is 0 Å². The first-order valence-corrected chi connectivity index (χ1v) is 9.61. The molecule has 0 fully saturated rings. The predicted octanol–water partition coefficient (Wildman–Crippen LogP) is 8.41. The zero-order valence-corrected chi connectivity index (χ0v) is 16.3. The van der Waals surface area contributed by atoms with Crippen molar-refractivity contribution in [3.8, 4) is 0 Å². The third-order valence-electron chi connectivity index (χ3n) is 3.17. The van der Waals surface area contributed by atoms with E-state index in [0.717, 1.165) is 25.7 Å². The SMILES string of the molecule is ClC(Cl)(Cl)CCCCCCCCCCCCC(Cl)(Cl)Cl. The second-order valence-corrected chi connectivity index (χ2v) is 10.3. The molecule has 0 saturated heterocycles. The van der Waals surface area contributed by atoms with Gasteiger partial charge >= 0.3 is 0 Å². The molecule has 0 spiro atoms. The number of rotatable bonds is 11. The van der Waals surface area contributed by atoms with Gasteiger partial charge in [0.05, 0.1) is 0 Å². The van der Waals surface area contributed by atoms with Gasteiger partial charge in [0.2, 0.25) is 0 Å². The molecule has 0 N–H and O–H groups in total. The van der Waals surface area contributed by atoms with Gasteiger partial charge in [0.15, 0.2) is 7.59 Å². The maximum atomic E-state index is 5.69. The fraction of sp³-hybridized carbons (Fsp3) is 1.00. The monoisotopic (exact) mass is 402 g/mol. The van der Waals surface area contributed by atoms with Crippen LogP contribution >= 0.6 is 69.6 Å². The van der Waals surface area contributed by atoms with Crippen LogP contribution < -0.4 is 0 Å². The van der Waals surface area contributed by atoms with E-state index >= 15 is 0 Å². The molecule has 20 heavy (non-hydrogen) atoms. The molecule has 0 saturated carbocycles. The first kappa shape index (κ1) is 21.7. The van der Waals surface area contributed by atoms with Crippen molar-refractivity contribution in [2.75, 3.05) is 0 Å². The predicted molar refractivity (Wildman–Crippen MR) is 96.0 cm³/mol. The largest absolute Gasteiger partial charge is 0.190 e. The molecule has 0 amide bonds. The van der Waals surface area contributed by atoms with E-state index in [9.17, 15) is 0 Å². The Morgan fingerprint density at radius 2 is 0.550 bits per heavy atom. The Balaban J connectivity index is 3.10. The lowest BCUT2D eigenvalue weighted by Gasteiger charge is -2.10. The van der Waals surface area contributed by atoms with Crippen LogP contribution in [0.1, 0.15) is 77.0 Å². The van der Waals surface area contributed by atoms with E-state index in [-0.39, 0.29) is 0 Å². The van der Waals surface area contributed by atoms with Crippen LogP contribution in [-0.4, -0.2) is 7.59 Å². The van der Waals surface area contributed by atoms with Gasteiger partial charge in [-0.1, -0.05) is 121 Å². The van der Waals surface area contributed by atoms with Crippen molar-refractivity contribution in [1.29, 1.82) is 0 Å². The fourth-order valence-corrected chi connectivity index (χ4v) is 2.87. The van der Waals surface area contributed by atoms with E-state index in [0.29, 0.717) is 12.8 Å². The average molecular weight is 405 g/mol. The third kappa shape index (κ3) is 19.7. The van der Waals surface area contributed by atoms with E-state index in [1.165, 1.54) is 38.5 Å². The first-order chi connectivity index (χ1) is 9.21. The van der Waals surface area contributed by atoms with Crippen molar-refractivity contribution in [2.45, 2.75) is 84.6 Å². The first-order valence-electron chi connectivity index (χ1n) is 7.34. The van der Waals surface area contributed by atoms with Crippen LogP contribution in [0.25, 0.3) is 0 Å². The summed E-state index contributed by atoms with van der Waals surface area (Å²) in [7, 11) is 0. The van der Waals surface area contributed by atoms with Crippen molar-refractivity contribution < 1.29 is 0 Å². The summed E-state index contributed by atoms with van der Waals surface area (Å²) in [5.41, 5.74) is 0. The van der Waals surface area contributed by atoms with Gasteiger partial charge in [-0.3, -0.25) is 0 Å². The van der Waals surface area contributed by atoms with Crippen LogP contribution in [0.3, 0.4) is 0 Å². The summed E-state index contributed by atoms with van der Waals surface area (Å²) < 4.78 is -2.15. The van der Waals surface area contributed by atoms with Crippen LogP contribution in [0, 0.1) is 0 Å². The Hall–Kier alpha value is 1.74. The summed E-state index contributed by atoms with van der Waals surface area (Å²) in [6.07, 6.45) is 13.2. The molecule has 0 unspecified atom stereocenters. The normalized spacial score (nSPS) is 12.9. The minimum absolute atomic E-state index is 0.654. The quantitative estimate of drug-likeness (QED) is 0.239. The van der Waals surface area contributed by atoms with E-state index in [2.05, 4.69) is 0 Å². The summed E-state index contributed by atoms with van der Waals surface area (Å²) in [6, 6.07) is 0. The minimum atomic E-state index is -1.08. The van der Waals surface area contributed by atoms with Crippen LogP contribution in [0.5, 0.6) is 0 Å². The third-order valence-corrected chi connectivity index (χ3v) is 4.30. The van der Waals surface area contributed by atoms with Gasteiger partial charge in [-0.2, -0.15) is 0 Å². The fourth-order valence-electron chi connectivity index (χ4n) is 2.07. The highest BCUT2D eigenvalue weighted by molar-refractivity contribution is 6.67. The van der Waals surface area contributed by atoms with Crippen LogP contribution in [0.15, 0.2) is 0 Å². The highest BCUT2D eigenvalue weighted by Crippen LogP contribution is 2.33. The number of alkyl halides is 6. The number of halogens is 6. The summed E-state index contributed by atoms with van der Waals surface area (Å²) in [6.45, 7) is 0. The summed E-state index contributed by atoms with van der Waals surface area (Å²) in [4.78, 5) is 0. The average Bonchev–Trinajstić information content (AvgIpc) is 2.27. The Morgan fingerprint density at radius 3 is 0.750 bits per heavy atom. The van der Waals surface area contributed by atoms with Gasteiger partial charge in [-0.25, -0.2) is 0 Å². The number of unbranched alkanes of at least 4 members (excludes halogenated alkanes) is 9. The van der Waals surface area contributed by atoms with Crippen LogP contribution in [0.2, 0.25) is 0 Å². The molecule has 0 atom stereocenters. The van der Waals surface area contributed by atoms with Gasteiger partial charge in [-0.05, 0) is 25.7 Å². The van der Waals surface area contributed by atoms with E-state index < -0.39 is 7.59 Å². The van der Waals surface area contributed by atoms with Crippen molar-refractivity contribution in [1.82, 2.24) is 0 Å². The Bertz CT molecular complexity index is 195. The molecule has 0 rings (SSSR count). The summed E-state index contributed by atoms with van der Waals surface area (Å²) in [5.74, 6) is 0. The number of hydrogen-bond acceptors (Lipinski definition) is 0. The standard InChI is InChI=1S/C14H24Cl6/c15-13(16,17)11-9-7-5-3-1-2-4-6-8-10-12-14(18,19)20/h1-12H2. The van der Waals surface area contributed by atoms with Crippen molar-refractivity contribution in [3.63, 3.8) is 0 Å². The second kappa shape index (κ2) is 12.2. The van der Waals surface area contributed by atoms with Crippen molar-refractivity contribution in [2.24, 2.45) is 0 Å². The van der Waals surface area contributed by atoms with Crippen LogP contribution in [-0.2, 0) is 0 Å². The smallest absolute Gasteiger partial charge is 0.0837 e. The lowest BCUT2D eigenvalue weighted by Crippen LogP contribution is -2.00.